The van der Waals surface area contributed by atoms with Crippen molar-refractivity contribution >= 4 is 23.4 Å². The molecule has 2 N–H and O–H groups in total. The Morgan fingerprint density at radius 2 is 1.84 bits per heavy atom. The SMILES string of the molecule is CCOc1ccc(NCC(=O)N/N=C(C)\C=C\c2ccccc2)cc1. The molecule has 0 atom stereocenters. The maximum atomic E-state index is 11.8. The van der Waals surface area contributed by atoms with Gasteiger partial charge in [-0.25, -0.2) is 5.43 Å². The Bertz CT molecular complexity index is 722. The number of rotatable bonds is 8. The molecule has 0 spiro atoms. The third kappa shape index (κ3) is 6.91. The van der Waals surface area contributed by atoms with Gasteiger partial charge >= 0.3 is 0 Å². The molecule has 0 aromatic heterocycles. The fraction of sp³-hybridized carbons (Fsp3) is 0.200. The summed E-state index contributed by atoms with van der Waals surface area (Å²) in [6.07, 6.45) is 3.80. The van der Waals surface area contributed by atoms with E-state index in [1.807, 2.05) is 80.6 Å². The van der Waals surface area contributed by atoms with Gasteiger partial charge in [-0.1, -0.05) is 36.4 Å². The average molecular weight is 337 g/mol. The maximum Gasteiger partial charge on any atom is 0.259 e. The number of hydrazone groups is 1. The number of anilines is 1. The molecule has 0 radical (unpaired) electrons. The van der Waals surface area contributed by atoms with E-state index in [0.717, 1.165) is 22.7 Å². The molecular weight excluding hydrogens is 314 g/mol. The first-order chi connectivity index (χ1) is 12.2. The Labute approximate surface area is 148 Å². The van der Waals surface area contributed by atoms with E-state index in [-0.39, 0.29) is 12.5 Å². The van der Waals surface area contributed by atoms with Crippen LogP contribution in [0.2, 0.25) is 0 Å². The first kappa shape index (κ1) is 18.3. The van der Waals surface area contributed by atoms with Gasteiger partial charge in [0.15, 0.2) is 0 Å². The predicted molar refractivity (Wildman–Crippen MR) is 103 cm³/mol. The van der Waals surface area contributed by atoms with Crippen LogP contribution in [0.4, 0.5) is 5.69 Å². The minimum atomic E-state index is -0.207. The van der Waals surface area contributed by atoms with E-state index in [9.17, 15) is 4.79 Å². The molecule has 25 heavy (non-hydrogen) atoms. The van der Waals surface area contributed by atoms with E-state index in [1.165, 1.54) is 0 Å². The van der Waals surface area contributed by atoms with E-state index in [1.54, 1.807) is 0 Å². The summed E-state index contributed by atoms with van der Waals surface area (Å²) in [5.41, 5.74) is 5.19. The van der Waals surface area contributed by atoms with Crippen molar-refractivity contribution in [1.29, 1.82) is 0 Å². The van der Waals surface area contributed by atoms with E-state index >= 15 is 0 Å². The van der Waals surface area contributed by atoms with Gasteiger partial charge in [0.25, 0.3) is 5.91 Å². The summed E-state index contributed by atoms with van der Waals surface area (Å²) in [5.74, 6) is 0.601. The van der Waals surface area contributed by atoms with Gasteiger partial charge in [0.2, 0.25) is 0 Å². The summed E-state index contributed by atoms with van der Waals surface area (Å²) in [6.45, 7) is 4.55. The number of allylic oxidation sites excluding steroid dienone is 1. The highest BCUT2D eigenvalue weighted by Gasteiger charge is 2.00. The summed E-state index contributed by atoms with van der Waals surface area (Å²) in [7, 11) is 0. The topological polar surface area (TPSA) is 62.7 Å². The van der Waals surface area contributed by atoms with Crippen molar-refractivity contribution in [2.24, 2.45) is 5.10 Å². The third-order valence-electron chi connectivity index (χ3n) is 3.29. The zero-order chi connectivity index (χ0) is 17.9. The zero-order valence-electron chi connectivity index (χ0n) is 14.5. The molecule has 0 aliphatic rings. The van der Waals surface area contributed by atoms with Crippen LogP contribution in [0.3, 0.4) is 0 Å². The van der Waals surface area contributed by atoms with Crippen molar-refractivity contribution in [2.45, 2.75) is 13.8 Å². The highest BCUT2D eigenvalue weighted by atomic mass is 16.5. The molecule has 2 rings (SSSR count). The predicted octanol–water partition coefficient (Wildman–Crippen LogP) is 3.70. The van der Waals surface area contributed by atoms with E-state index in [0.29, 0.717) is 6.61 Å². The molecule has 2 aromatic carbocycles. The van der Waals surface area contributed by atoms with Crippen molar-refractivity contribution in [3.63, 3.8) is 0 Å². The van der Waals surface area contributed by atoms with Crippen LogP contribution in [-0.2, 0) is 4.79 Å². The Hall–Kier alpha value is -3.08. The van der Waals surface area contributed by atoms with Crippen molar-refractivity contribution in [3.05, 3.63) is 66.2 Å². The second-order valence-corrected chi connectivity index (χ2v) is 5.34. The summed E-state index contributed by atoms with van der Waals surface area (Å²) in [6, 6.07) is 17.4. The van der Waals surface area contributed by atoms with Crippen molar-refractivity contribution < 1.29 is 9.53 Å². The lowest BCUT2D eigenvalue weighted by molar-refractivity contribution is -0.119. The standard InChI is InChI=1S/C20H23N3O2/c1-3-25-19-13-11-18(12-14-19)21-15-20(24)23-22-16(2)9-10-17-7-5-4-6-8-17/h4-14,21H,3,15H2,1-2H3,(H,23,24)/b10-9+,22-16-. The van der Waals surface area contributed by atoms with Crippen LogP contribution in [0.15, 0.2) is 65.8 Å². The normalized spacial score (nSPS) is 11.4. The molecule has 130 valence electrons. The molecule has 0 fully saturated rings. The molecule has 0 bridgehead atoms. The van der Waals surface area contributed by atoms with Crippen molar-refractivity contribution in [3.8, 4) is 5.75 Å². The van der Waals surface area contributed by atoms with Crippen LogP contribution < -0.4 is 15.5 Å². The summed E-state index contributed by atoms with van der Waals surface area (Å²) in [5, 5.41) is 7.10. The Balaban J connectivity index is 1.76. The van der Waals surface area contributed by atoms with Gasteiger partial charge in [-0.15, -0.1) is 0 Å². The molecule has 5 nitrogen and oxygen atoms in total. The lowest BCUT2D eigenvalue weighted by Crippen LogP contribution is -2.26. The summed E-state index contributed by atoms with van der Waals surface area (Å²) >= 11 is 0. The fourth-order valence-corrected chi connectivity index (χ4v) is 2.03. The van der Waals surface area contributed by atoms with Crippen LogP contribution in [0.1, 0.15) is 19.4 Å². The third-order valence-corrected chi connectivity index (χ3v) is 3.29. The molecule has 2 aromatic rings. The fourth-order valence-electron chi connectivity index (χ4n) is 2.03. The van der Waals surface area contributed by atoms with Gasteiger partial charge in [0, 0.05) is 5.69 Å². The smallest absolute Gasteiger partial charge is 0.259 e. The number of nitrogens with zero attached hydrogens (tertiary/aromatic N) is 1. The van der Waals surface area contributed by atoms with Crippen LogP contribution in [0, 0.1) is 0 Å². The van der Waals surface area contributed by atoms with Crippen molar-refractivity contribution in [1.82, 2.24) is 5.43 Å². The molecule has 0 heterocycles. The second kappa shape index (κ2) is 9.93. The highest BCUT2D eigenvalue weighted by molar-refractivity contribution is 5.97. The lowest BCUT2D eigenvalue weighted by atomic mass is 10.2. The Kier molecular flexibility index (Phi) is 7.25. The average Bonchev–Trinajstić information content (AvgIpc) is 2.65. The number of carbonyl (C=O) groups excluding carboxylic acids is 1. The van der Waals surface area contributed by atoms with Gasteiger partial charge in [0.05, 0.1) is 18.9 Å². The number of amides is 1. The molecule has 1 amide bonds. The molecule has 0 aliphatic carbocycles. The highest BCUT2D eigenvalue weighted by Crippen LogP contribution is 2.15. The molecule has 0 aliphatic heterocycles. The minimum absolute atomic E-state index is 0.146. The van der Waals surface area contributed by atoms with E-state index < -0.39 is 0 Å². The zero-order valence-corrected chi connectivity index (χ0v) is 14.5. The summed E-state index contributed by atoms with van der Waals surface area (Å²) in [4.78, 5) is 11.8. The molecule has 0 unspecified atom stereocenters. The monoisotopic (exact) mass is 337 g/mol. The number of nitrogens with one attached hydrogen (secondary N) is 2. The first-order valence-electron chi connectivity index (χ1n) is 8.20. The molecule has 0 saturated heterocycles. The maximum absolute atomic E-state index is 11.8. The van der Waals surface area contributed by atoms with Gasteiger partial charge in [-0.05, 0) is 49.8 Å². The van der Waals surface area contributed by atoms with Gasteiger partial charge in [-0.3, -0.25) is 4.79 Å². The largest absolute Gasteiger partial charge is 0.494 e. The van der Waals surface area contributed by atoms with E-state index in [4.69, 9.17) is 4.74 Å². The quantitative estimate of drug-likeness (QED) is 0.570. The Morgan fingerprint density at radius 1 is 1.12 bits per heavy atom. The first-order valence-corrected chi connectivity index (χ1v) is 8.20. The molecule has 5 heteroatoms. The van der Waals surface area contributed by atoms with Gasteiger partial charge < -0.3 is 10.1 Å². The van der Waals surface area contributed by atoms with Crippen LogP contribution in [-0.4, -0.2) is 24.8 Å². The van der Waals surface area contributed by atoms with Crippen LogP contribution in [0.5, 0.6) is 5.75 Å². The summed E-state index contributed by atoms with van der Waals surface area (Å²) < 4.78 is 5.37. The van der Waals surface area contributed by atoms with Crippen LogP contribution in [0.25, 0.3) is 6.08 Å². The van der Waals surface area contributed by atoms with Crippen molar-refractivity contribution in [2.75, 3.05) is 18.5 Å². The number of hydrogen-bond donors (Lipinski definition) is 2. The molecule has 0 saturated carbocycles. The lowest BCUT2D eigenvalue weighted by Gasteiger charge is -2.07. The van der Waals surface area contributed by atoms with Gasteiger partial charge in [-0.2, -0.15) is 5.10 Å². The molecular formula is C20H23N3O2. The van der Waals surface area contributed by atoms with E-state index in [2.05, 4.69) is 15.8 Å². The van der Waals surface area contributed by atoms with Crippen LogP contribution >= 0.6 is 0 Å². The second-order valence-electron chi connectivity index (χ2n) is 5.34. The number of benzene rings is 2. The number of carbonyl (C=O) groups is 1. The Morgan fingerprint density at radius 3 is 2.52 bits per heavy atom. The number of hydrogen-bond acceptors (Lipinski definition) is 4. The minimum Gasteiger partial charge on any atom is -0.494 e. The van der Waals surface area contributed by atoms with Gasteiger partial charge in [0.1, 0.15) is 5.75 Å². The number of ether oxygens (including phenoxy) is 1.